The van der Waals surface area contributed by atoms with Crippen LogP contribution in [-0.2, 0) is 16.1 Å². The highest BCUT2D eigenvalue weighted by atomic mass is 16.5. The molecule has 1 unspecified atom stereocenters. The Kier molecular flexibility index (Phi) is 4.36. The van der Waals surface area contributed by atoms with Gasteiger partial charge in [-0.25, -0.2) is 4.79 Å². The van der Waals surface area contributed by atoms with Crippen molar-refractivity contribution < 1.29 is 9.53 Å². The van der Waals surface area contributed by atoms with Crippen molar-refractivity contribution in [1.29, 1.82) is 0 Å². The fourth-order valence-corrected chi connectivity index (χ4v) is 2.45. The third-order valence-electron chi connectivity index (χ3n) is 3.50. The number of nitrogens with zero attached hydrogens (tertiary/aromatic N) is 2. The van der Waals surface area contributed by atoms with Gasteiger partial charge in [0.05, 0.1) is 13.3 Å². The number of hydrogen-bond donors (Lipinski definition) is 1. The van der Waals surface area contributed by atoms with E-state index in [-0.39, 0.29) is 5.97 Å². The van der Waals surface area contributed by atoms with Gasteiger partial charge >= 0.3 is 5.97 Å². The van der Waals surface area contributed by atoms with Gasteiger partial charge in [0.2, 0.25) is 0 Å². The Morgan fingerprint density at radius 1 is 1.61 bits per heavy atom. The lowest BCUT2D eigenvalue weighted by Gasteiger charge is -2.19. The molecule has 18 heavy (non-hydrogen) atoms. The number of nitrogens with one attached hydrogen (secondary N) is 1. The minimum absolute atomic E-state index is 0.238. The molecule has 1 heterocycles. The molecule has 1 aliphatic carbocycles. The Balaban J connectivity index is 2.10. The van der Waals surface area contributed by atoms with Crippen molar-refractivity contribution in [2.45, 2.75) is 51.2 Å². The fourth-order valence-electron chi connectivity index (χ4n) is 2.45. The molecule has 0 bridgehead atoms. The molecule has 0 spiro atoms. The van der Waals surface area contributed by atoms with Gasteiger partial charge in [0.15, 0.2) is 0 Å². The van der Waals surface area contributed by atoms with E-state index in [0.29, 0.717) is 6.04 Å². The molecule has 1 aromatic heterocycles. The number of methoxy groups -OCH3 is 1. The molecule has 1 aromatic rings. The summed E-state index contributed by atoms with van der Waals surface area (Å²) in [4.78, 5) is 11.9. The quantitative estimate of drug-likeness (QED) is 0.808. The summed E-state index contributed by atoms with van der Waals surface area (Å²) in [5.41, 5.74) is 0.885. The van der Waals surface area contributed by atoms with Crippen LogP contribution in [0.3, 0.4) is 0 Å². The van der Waals surface area contributed by atoms with Gasteiger partial charge < -0.3 is 4.74 Å². The minimum Gasteiger partial charge on any atom is -0.468 e. The highest BCUT2D eigenvalue weighted by Crippen LogP contribution is 2.22. The van der Waals surface area contributed by atoms with Gasteiger partial charge in [-0.1, -0.05) is 12.8 Å². The van der Waals surface area contributed by atoms with Crippen LogP contribution in [-0.4, -0.2) is 28.9 Å². The Morgan fingerprint density at radius 2 is 2.33 bits per heavy atom. The molecule has 0 aromatic carbocycles. The van der Waals surface area contributed by atoms with Gasteiger partial charge in [-0.3, -0.25) is 10.00 Å². The molecular weight excluding hydrogens is 230 g/mol. The molecular formula is C13H21N3O2. The van der Waals surface area contributed by atoms with E-state index in [1.54, 1.807) is 6.20 Å². The van der Waals surface area contributed by atoms with Crippen LogP contribution in [0.2, 0.25) is 0 Å². The minimum atomic E-state index is -0.390. The first-order valence-electron chi connectivity index (χ1n) is 6.60. The zero-order valence-electron chi connectivity index (χ0n) is 11.1. The van der Waals surface area contributed by atoms with E-state index in [1.807, 2.05) is 17.8 Å². The van der Waals surface area contributed by atoms with E-state index < -0.39 is 6.04 Å². The van der Waals surface area contributed by atoms with Gasteiger partial charge in [0.1, 0.15) is 6.04 Å². The molecule has 0 radical (unpaired) electrons. The highest BCUT2D eigenvalue weighted by Gasteiger charge is 2.27. The first kappa shape index (κ1) is 13.1. The maximum absolute atomic E-state index is 11.9. The third kappa shape index (κ3) is 2.90. The van der Waals surface area contributed by atoms with Crippen LogP contribution < -0.4 is 5.32 Å². The molecule has 5 heteroatoms. The van der Waals surface area contributed by atoms with E-state index in [1.165, 1.54) is 20.0 Å². The van der Waals surface area contributed by atoms with Crippen molar-refractivity contribution in [2.75, 3.05) is 7.11 Å². The van der Waals surface area contributed by atoms with Gasteiger partial charge in [-0.2, -0.15) is 5.10 Å². The highest BCUT2D eigenvalue weighted by molar-refractivity contribution is 5.77. The Bertz CT molecular complexity index is 397. The van der Waals surface area contributed by atoms with Crippen LogP contribution >= 0.6 is 0 Å². The molecule has 1 fully saturated rings. The predicted octanol–water partition coefficient (Wildman–Crippen LogP) is 1.65. The van der Waals surface area contributed by atoms with Crippen molar-refractivity contribution in [1.82, 2.24) is 15.1 Å². The Labute approximate surface area is 108 Å². The van der Waals surface area contributed by atoms with Crippen LogP contribution in [0.1, 0.15) is 44.2 Å². The number of ether oxygens (including phenoxy) is 1. The maximum atomic E-state index is 11.9. The second-order valence-electron chi connectivity index (χ2n) is 4.73. The third-order valence-corrected chi connectivity index (χ3v) is 3.50. The lowest BCUT2D eigenvalue weighted by atomic mass is 10.1. The molecule has 1 N–H and O–H groups in total. The van der Waals surface area contributed by atoms with E-state index in [2.05, 4.69) is 10.4 Å². The van der Waals surface area contributed by atoms with Crippen LogP contribution in [0, 0.1) is 0 Å². The monoisotopic (exact) mass is 251 g/mol. The summed E-state index contributed by atoms with van der Waals surface area (Å²) in [5.74, 6) is -0.238. The molecule has 0 amide bonds. The number of esters is 1. The lowest BCUT2D eigenvalue weighted by molar-refractivity contribution is -0.143. The molecule has 100 valence electrons. The normalized spacial score (nSPS) is 17.9. The van der Waals surface area contributed by atoms with Gasteiger partial charge in [0, 0.05) is 24.3 Å². The van der Waals surface area contributed by atoms with Gasteiger partial charge in [0.25, 0.3) is 0 Å². The van der Waals surface area contributed by atoms with Crippen molar-refractivity contribution in [3.63, 3.8) is 0 Å². The summed E-state index contributed by atoms with van der Waals surface area (Å²) in [6.07, 6.45) is 8.39. The van der Waals surface area contributed by atoms with Crippen LogP contribution in [0.25, 0.3) is 0 Å². The molecule has 0 aliphatic heterocycles. The number of hydrogen-bond acceptors (Lipinski definition) is 4. The number of aryl methyl sites for hydroxylation is 1. The summed E-state index contributed by atoms with van der Waals surface area (Å²) >= 11 is 0. The average molecular weight is 251 g/mol. The smallest absolute Gasteiger partial charge is 0.327 e. The summed E-state index contributed by atoms with van der Waals surface area (Å²) in [6.45, 7) is 2.83. The molecule has 5 nitrogen and oxygen atoms in total. The number of aromatic nitrogens is 2. The number of carbonyl (C=O) groups excluding carboxylic acids is 1. The van der Waals surface area contributed by atoms with Crippen molar-refractivity contribution in [3.05, 3.63) is 18.0 Å². The van der Waals surface area contributed by atoms with Gasteiger partial charge in [-0.05, 0) is 19.8 Å². The zero-order chi connectivity index (χ0) is 13.0. The summed E-state index contributed by atoms with van der Waals surface area (Å²) < 4.78 is 6.70. The van der Waals surface area contributed by atoms with Crippen molar-refractivity contribution >= 4 is 5.97 Å². The standard InChI is InChI=1S/C13H21N3O2/c1-3-16-9-10(8-14-16)12(13(17)18-2)15-11-6-4-5-7-11/h8-9,11-12,15H,3-7H2,1-2H3. The fraction of sp³-hybridized carbons (Fsp3) is 0.692. The second-order valence-corrected chi connectivity index (χ2v) is 4.73. The van der Waals surface area contributed by atoms with E-state index >= 15 is 0 Å². The van der Waals surface area contributed by atoms with E-state index in [9.17, 15) is 4.79 Å². The first-order valence-corrected chi connectivity index (χ1v) is 6.60. The van der Waals surface area contributed by atoms with E-state index in [4.69, 9.17) is 4.74 Å². The SMILES string of the molecule is CCn1cc(C(NC2CCCC2)C(=O)OC)cn1. The lowest BCUT2D eigenvalue weighted by Crippen LogP contribution is -2.36. The summed E-state index contributed by atoms with van der Waals surface area (Å²) in [6, 6.07) is 0.0254. The average Bonchev–Trinajstić information content (AvgIpc) is 3.05. The molecule has 2 rings (SSSR count). The van der Waals surface area contributed by atoms with E-state index in [0.717, 1.165) is 24.9 Å². The predicted molar refractivity (Wildman–Crippen MR) is 68.0 cm³/mol. The molecule has 1 aliphatic rings. The number of carbonyl (C=O) groups is 1. The largest absolute Gasteiger partial charge is 0.468 e. The topological polar surface area (TPSA) is 56.2 Å². The van der Waals surface area contributed by atoms with Crippen molar-refractivity contribution in [3.8, 4) is 0 Å². The summed E-state index contributed by atoms with van der Waals surface area (Å²) in [7, 11) is 1.43. The zero-order valence-corrected chi connectivity index (χ0v) is 11.1. The van der Waals surface area contributed by atoms with Gasteiger partial charge in [-0.15, -0.1) is 0 Å². The van der Waals surface area contributed by atoms with Crippen molar-refractivity contribution in [2.24, 2.45) is 0 Å². The molecule has 1 saturated carbocycles. The first-order chi connectivity index (χ1) is 8.74. The maximum Gasteiger partial charge on any atom is 0.327 e. The Hall–Kier alpha value is -1.36. The molecule has 0 saturated heterocycles. The van der Waals surface area contributed by atoms with Crippen LogP contribution in [0.4, 0.5) is 0 Å². The van der Waals surface area contributed by atoms with Crippen LogP contribution in [0.5, 0.6) is 0 Å². The second kappa shape index (κ2) is 6.00. The number of rotatable bonds is 5. The van der Waals surface area contributed by atoms with Crippen LogP contribution in [0.15, 0.2) is 12.4 Å². The molecule has 1 atom stereocenters. The summed E-state index contributed by atoms with van der Waals surface area (Å²) in [5, 5.41) is 7.61. The Morgan fingerprint density at radius 3 is 2.89 bits per heavy atom.